The minimum absolute atomic E-state index is 0.149. The predicted molar refractivity (Wildman–Crippen MR) is 77.9 cm³/mol. The van der Waals surface area contributed by atoms with Gasteiger partial charge in [-0.15, -0.1) is 0 Å². The molecule has 0 saturated heterocycles. The lowest BCUT2D eigenvalue weighted by Crippen LogP contribution is -2.32. The van der Waals surface area contributed by atoms with Crippen LogP contribution in [-0.2, 0) is 4.74 Å². The van der Waals surface area contributed by atoms with Crippen molar-refractivity contribution in [3.63, 3.8) is 0 Å². The molecular weight excluding hydrogens is 241 g/mol. The van der Waals surface area contributed by atoms with Crippen molar-refractivity contribution >= 4 is 0 Å². The Morgan fingerprint density at radius 1 is 1.37 bits per heavy atom. The molecule has 19 heavy (non-hydrogen) atoms. The third-order valence-electron chi connectivity index (χ3n) is 3.47. The molecule has 0 amide bonds. The van der Waals surface area contributed by atoms with Crippen LogP contribution in [0.1, 0.15) is 50.8 Å². The number of ether oxygens (including phenoxy) is 1. The summed E-state index contributed by atoms with van der Waals surface area (Å²) in [5.41, 5.74) is 1.61. The fraction of sp³-hybridized carbons (Fsp3) is 0.625. The van der Waals surface area contributed by atoms with Crippen LogP contribution >= 0.6 is 0 Å². The number of nitrogens with one attached hydrogen (secondary N) is 1. The zero-order valence-electron chi connectivity index (χ0n) is 12.7. The van der Waals surface area contributed by atoms with E-state index >= 15 is 0 Å². The van der Waals surface area contributed by atoms with E-state index in [1.54, 1.807) is 20.1 Å². The Labute approximate surface area is 116 Å². The van der Waals surface area contributed by atoms with Gasteiger partial charge in [0.25, 0.3) is 0 Å². The molecule has 108 valence electrons. The minimum Gasteiger partial charge on any atom is -0.379 e. The van der Waals surface area contributed by atoms with Gasteiger partial charge in [0.05, 0.1) is 5.60 Å². The van der Waals surface area contributed by atoms with E-state index in [0.29, 0.717) is 5.56 Å². The van der Waals surface area contributed by atoms with Crippen LogP contribution in [0.25, 0.3) is 0 Å². The van der Waals surface area contributed by atoms with Gasteiger partial charge in [-0.3, -0.25) is 0 Å². The number of hydrogen-bond acceptors (Lipinski definition) is 2. The molecule has 2 nitrogen and oxygen atoms in total. The number of halogens is 1. The first-order chi connectivity index (χ1) is 8.89. The molecule has 0 radical (unpaired) electrons. The van der Waals surface area contributed by atoms with Gasteiger partial charge in [-0.2, -0.15) is 0 Å². The van der Waals surface area contributed by atoms with Crippen molar-refractivity contribution in [3.8, 4) is 0 Å². The Balaban J connectivity index is 2.92. The molecule has 1 N–H and O–H groups in total. The van der Waals surface area contributed by atoms with Crippen LogP contribution in [0.15, 0.2) is 18.2 Å². The van der Waals surface area contributed by atoms with E-state index in [4.69, 9.17) is 4.74 Å². The fourth-order valence-corrected chi connectivity index (χ4v) is 2.09. The standard InChI is InChI=1S/C16H26FNO/c1-6-9-18-15(11-16(3,4)19-5)13-7-8-14(17)12(2)10-13/h7-8,10,15,18H,6,9,11H2,1-5H3. The minimum atomic E-state index is -0.201. The van der Waals surface area contributed by atoms with E-state index in [-0.39, 0.29) is 17.5 Å². The highest BCUT2D eigenvalue weighted by Crippen LogP contribution is 2.27. The molecule has 0 aliphatic carbocycles. The Bertz CT molecular complexity index is 404. The first kappa shape index (κ1) is 16.1. The van der Waals surface area contributed by atoms with E-state index in [0.717, 1.165) is 24.9 Å². The van der Waals surface area contributed by atoms with Crippen LogP contribution in [-0.4, -0.2) is 19.3 Å². The topological polar surface area (TPSA) is 21.3 Å². The Kier molecular flexibility index (Phi) is 5.95. The van der Waals surface area contributed by atoms with Crippen molar-refractivity contribution in [2.75, 3.05) is 13.7 Å². The molecule has 0 spiro atoms. The molecule has 1 rings (SSSR count). The van der Waals surface area contributed by atoms with Crippen LogP contribution in [0, 0.1) is 12.7 Å². The average Bonchev–Trinajstić information content (AvgIpc) is 2.38. The number of benzene rings is 1. The summed E-state index contributed by atoms with van der Waals surface area (Å²) < 4.78 is 18.9. The van der Waals surface area contributed by atoms with Crippen LogP contribution in [0.5, 0.6) is 0 Å². The molecule has 1 atom stereocenters. The first-order valence-corrected chi connectivity index (χ1v) is 6.94. The third kappa shape index (κ3) is 4.92. The summed E-state index contributed by atoms with van der Waals surface area (Å²) in [6, 6.07) is 5.52. The highest BCUT2D eigenvalue weighted by molar-refractivity contribution is 5.26. The zero-order valence-corrected chi connectivity index (χ0v) is 12.7. The van der Waals surface area contributed by atoms with Gasteiger partial charge in [0.15, 0.2) is 0 Å². The Hall–Kier alpha value is -0.930. The molecule has 0 aliphatic rings. The lowest BCUT2D eigenvalue weighted by Gasteiger charge is -2.29. The number of methoxy groups -OCH3 is 1. The lowest BCUT2D eigenvalue weighted by molar-refractivity contribution is 0.00684. The van der Waals surface area contributed by atoms with Gasteiger partial charge in [0, 0.05) is 13.2 Å². The van der Waals surface area contributed by atoms with Gasteiger partial charge in [0.2, 0.25) is 0 Å². The van der Waals surface area contributed by atoms with Crippen LogP contribution in [0.2, 0.25) is 0 Å². The van der Waals surface area contributed by atoms with Gasteiger partial charge in [0.1, 0.15) is 5.82 Å². The molecule has 0 aromatic heterocycles. The Morgan fingerprint density at radius 3 is 2.58 bits per heavy atom. The summed E-state index contributed by atoms with van der Waals surface area (Å²) >= 11 is 0. The van der Waals surface area contributed by atoms with Crippen molar-refractivity contribution in [3.05, 3.63) is 35.1 Å². The molecule has 1 unspecified atom stereocenters. The Morgan fingerprint density at radius 2 is 2.05 bits per heavy atom. The third-order valence-corrected chi connectivity index (χ3v) is 3.47. The van der Waals surface area contributed by atoms with Gasteiger partial charge in [-0.25, -0.2) is 4.39 Å². The van der Waals surface area contributed by atoms with Crippen molar-refractivity contribution in [1.82, 2.24) is 5.32 Å². The molecule has 3 heteroatoms. The van der Waals surface area contributed by atoms with Crippen molar-refractivity contribution in [2.45, 2.75) is 52.2 Å². The summed E-state index contributed by atoms with van der Waals surface area (Å²) in [6.45, 7) is 9.04. The largest absolute Gasteiger partial charge is 0.379 e. The van der Waals surface area contributed by atoms with Crippen LogP contribution in [0.4, 0.5) is 4.39 Å². The highest BCUT2D eigenvalue weighted by Gasteiger charge is 2.23. The zero-order chi connectivity index (χ0) is 14.5. The summed E-state index contributed by atoms with van der Waals surface area (Å²) in [6.07, 6.45) is 1.93. The monoisotopic (exact) mass is 267 g/mol. The van der Waals surface area contributed by atoms with Crippen molar-refractivity contribution < 1.29 is 9.13 Å². The maximum atomic E-state index is 13.4. The van der Waals surface area contributed by atoms with Crippen LogP contribution in [0.3, 0.4) is 0 Å². The van der Waals surface area contributed by atoms with Gasteiger partial charge >= 0.3 is 0 Å². The van der Waals surface area contributed by atoms with E-state index in [9.17, 15) is 4.39 Å². The fourth-order valence-electron chi connectivity index (χ4n) is 2.09. The number of hydrogen-bond donors (Lipinski definition) is 1. The van der Waals surface area contributed by atoms with Gasteiger partial charge in [-0.05, 0) is 57.4 Å². The first-order valence-electron chi connectivity index (χ1n) is 6.94. The summed E-state index contributed by atoms with van der Waals surface area (Å²) in [5.74, 6) is -0.149. The van der Waals surface area contributed by atoms with E-state index in [1.165, 1.54) is 0 Å². The number of aryl methyl sites for hydroxylation is 1. The normalized spacial score (nSPS) is 13.6. The molecule has 0 aliphatic heterocycles. The molecular formula is C16H26FNO. The second kappa shape index (κ2) is 7.01. The average molecular weight is 267 g/mol. The number of rotatable bonds is 7. The van der Waals surface area contributed by atoms with Gasteiger partial charge < -0.3 is 10.1 Å². The predicted octanol–water partition coefficient (Wildman–Crippen LogP) is 3.99. The highest BCUT2D eigenvalue weighted by atomic mass is 19.1. The van der Waals surface area contributed by atoms with Crippen molar-refractivity contribution in [2.24, 2.45) is 0 Å². The van der Waals surface area contributed by atoms with Gasteiger partial charge in [-0.1, -0.05) is 19.1 Å². The molecule has 0 saturated carbocycles. The van der Waals surface area contributed by atoms with E-state index < -0.39 is 0 Å². The molecule has 0 bridgehead atoms. The summed E-state index contributed by atoms with van der Waals surface area (Å²) in [4.78, 5) is 0. The molecule has 0 fully saturated rings. The van der Waals surface area contributed by atoms with Crippen molar-refractivity contribution in [1.29, 1.82) is 0 Å². The quantitative estimate of drug-likeness (QED) is 0.806. The second-order valence-corrected chi connectivity index (χ2v) is 5.68. The maximum absolute atomic E-state index is 13.4. The van der Waals surface area contributed by atoms with E-state index in [1.807, 2.05) is 12.1 Å². The SMILES string of the molecule is CCCNC(CC(C)(C)OC)c1ccc(F)c(C)c1. The molecule has 0 heterocycles. The van der Waals surface area contributed by atoms with Crippen LogP contribution < -0.4 is 5.32 Å². The smallest absolute Gasteiger partial charge is 0.126 e. The summed E-state index contributed by atoms with van der Waals surface area (Å²) in [5, 5.41) is 3.52. The van der Waals surface area contributed by atoms with E-state index in [2.05, 4.69) is 26.1 Å². The maximum Gasteiger partial charge on any atom is 0.126 e. The lowest BCUT2D eigenvalue weighted by atomic mass is 9.92. The molecule has 1 aromatic rings. The second-order valence-electron chi connectivity index (χ2n) is 5.68. The molecule has 1 aromatic carbocycles. The summed E-state index contributed by atoms with van der Waals surface area (Å²) in [7, 11) is 1.73.